The van der Waals surface area contributed by atoms with E-state index in [0.717, 1.165) is 40.4 Å². The van der Waals surface area contributed by atoms with Crippen molar-refractivity contribution < 1.29 is 4.79 Å². The highest BCUT2D eigenvalue weighted by Gasteiger charge is 2.21. The number of aryl methyl sites for hydroxylation is 1. The molecule has 1 aliphatic carbocycles. The van der Waals surface area contributed by atoms with Crippen LogP contribution in [-0.4, -0.2) is 15.8 Å². The number of Topliss-reactive ketones (excluding diaryl/α,β-unsaturated/α-hetero) is 1. The molecule has 0 aliphatic heterocycles. The number of hydrogen-bond donors (Lipinski definition) is 0. The van der Waals surface area contributed by atoms with Crippen molar-refractivity contribution in [2.24, 2.45) is 0 Å². The minimum atomic E-state index is 0.265. The van der Waals surface area contributed by atoms with Gasteiger partial charge in [0.25, 0.3) is 0 Å². The molecule has 0 saturated carbocycles. The standard InChI is InChI=1S/C13H12N2OS/c16-11-5-1-4-10-13(11)17-12(15-10)7-9-3-2-6-14-8-9/h2-3,6,8H,1,4-5,7H2. The van der Waals surface area contributed by atoms with Crippen LogP contribution in [0.4, 0.5) is 0 Å². The Morgan fingerprint density at radius 1 is 1.35 bits per heavy atom. The summed E-state index contributed by atoms with van der Waals surface area (Å²) in [4.78, 5) is 21.2. The highest BCUT2D eigenvalue weighted by atomic mass is 32.1. The van der Waals surface area contributed by atoms with Gasteiger partial charge in [0.15, 0.2) is 5.78 Å². The van der Waals surface area contributed by atoms with Crippen molar-refractivity contribution >= 4 is 17.1 Å². The molecule has 0 saturated heterocycles. The van der Waals surface area contributed by atoms with E-state index in [1.165, 1.54) is 0 Å². The van der Waals surface area contributed by atoms with E-state index in [-0.39, 0.29) is 5.78 Å². The monoisotopic (exact) mass is 244 g/mol. The van der Waals surface area contributed by atoms with Gasteiger partial charge in [-0.3, -0.25) is 9.78 Å². The maximum Gasteiger partial charge on any atom is 0.174 e. The summed E-state index contributed by atoms with van der Waals surface area (Å²) in [5.74, 6) is 0.265. The molecular formula is C13H12N2OS. The normalized spacial score (nSPS) is 14.7. The summed E-state index contributed by atoms with van der Waals surface area (Å²) in [6.45, 7) is 0. The van der Waals surface area contributed by atoms with Gasteiger partial charge >= 0.3 is 0 Å². The van der Waals surface area contributed by atoms with Crippen LogP contribution in [0.5, 0.6) is 0 Å². The number of rotatable bonds is 2. The van der Waals surface area contributed by atoms with Crippen molar-refractivity contribution in [2.75, 3.05) is 0 Å². The van der Waals surface area contributed by atoms with Gasteiger partial charge in [-0.15, -0.1) is 11.3 Å². The zero-order chi connectivity index (χ0) is 11.7. The first kappa shape index (κ1) is 10.6. The molecule has 2 aromatic heterocycles. The molecule has 0 unspecified atom stereocenters. The summed E-state index contributed by atoms with van der Waals surface area (Å²) >= 11 is 1.55. The van der Waals surface area contributed by atoms with E-state index in [9.17, 15) is 4.79 Å². The zero-order valence-corrected chi connectivity index (χ0v) is 10.2. The number of carbonyl (C=O) groups is 1. The molecule has 0 fully saturated rings. The van der Waals surface area contributed by atoms with Gasteiger partial charge in [-0.2, -0.15) is 0 Å². The Bertz CT molecular complexity index is 548. The molecule has 0 N–H and O–H groups in total. The molecule has 3 rings (SSSR count). The SMILES string of the molecule is O=C1CCCc2nc(Cc3cccnc3)sc21. The fraction of sp³-hybridized carbons (Fsp3) is 0.308. The van der Waals surface area contributed by atoms with E-state index < -0.39 is 0 Å². The van der Waals surface area contributed by atoms with Crippen molar-refractivity contribution in [3.63, 3.8) is 0 Å². The van der Waals surface area contributed by atoms with Crippen LogP contribution in [0.1, 0.15) is 38.8 Å². The smallest absolute Gasteiger partial charge is 0.174 e. The molecule has 0 bridgehead atoms. The number of nitrogens with zero attached hydrogens (tertiary/aromatic N) is 2. The van der Waals surface area contributed by atoms with Crippen LogP contribution in [0.2, 0.25) is 0 Å². The van der Waals surface area contributed by atoms with Gasteiger partial charge < -0.3 is 0 Å². The molecule has 0 radical (unpaired) electrons. The van der Waals surface area contributed by atoms with Crippen molar-refractivity contribution in [1.29, 1.82) is 0 Å². The van der Waals surface area contributed by atoms with Crippen molar-refractivity contribution in [2.45, 2.75) is 25.7 Å². The molecular weight excluding hydrogens is 232 g/mol. The van der Waals surface area contributed by atoms with Crippen LogP contribution in [0.25, 0.3) is 0 Å². The lowest BCUT2D eigenvalue weighted by molar-refractivity contribution is 0.0976. The maximum atomic E-state index is 11.7. The molecule has 2 aromatic rings. The quantitative estimate of drug-likeness (QED) is 0.815. The summed E-state index contributed by atoms with van der Waals surface area (Å²) in [6, 6.07) is 3.96. The van der Waals surface area contributed by atoms with E-state index in [1.54, 1.807) is 17.5 Å². The van der Waals surface area contributed by atoms with E-state index >= 15 is 0 Å². The predicted octanol–water partition coefficient (Wildman–Crippen LogP) is 2.65. The number of hydrogen-bond acceptors (Lipinski definition) is 4. The Morgan fingerprint density at radius 2 is 2.29 bits per heavy atom. The first-order chi connectivity index (χ1) is 8.33. The topological polar surface area (TPSA) is 42.9 Å². The highest BCUT2D eigenvalue weighted by Crippen LogP contribution is 2.27. The van der Waals surface area contributed by atoms with Gasteiger partial charge in [0.05, 0.1) is 15.6 Å². The van der Waals surface area contributed by atoms with Gasteiger partial charge in [0.2, 0.25) is 0 Å². The number of ketones is 1. The van der Waals surface area contributed by atoms with Crippen molar-refractivity contribution in [1.82, 2.24) is 9.97 Å². The van der Waals surface area contributed by atoms with Crippen LogP contribution in [0.3, 0.4) is 0 Å². The van der Waals surface area contributed by atoms with Crippen molar-refractivity contribution in [3.05, 3.63) is 45.7 Å². The fourth-order valence-electron chi connectivity index (χ4n) is 2.07. The molecule has 0 atom stereocenters. The van der Waals surface area contributed by atoms with E-state index in [0.29, 0.717) is 6.42 Å². The second kappa shape index (κ2) is 4.37. The maximum absolute atomic E-state index is 11.7. The third-order valence-corrected chi connectivity index (χ3v) is 4.03. The summed E-state index contributed by atoms with van der Waals surface area (Å²) in [5.41, 5.74) is 2.15. The van der Waals surface area contributed by atoms with Crippen LogP contribution in [0, 0.1) is 0 Å². The van der Waals surface area contributed by atoms with E-state index in [1.807, 2.05) is 18.3 Å². The second-order valence-electron chi connectivity index (χ2n) is 4.20. The van der Waals surface area contributed by atoms with Gasteiger partial charge in [0.1, 0.15) is 0 Å². The minimum Gasteiger partial charge on any atom is -0.293 e. The molecule has 0 aromatic carbocycles. The minimum absolute atomic E-state index is 0.265. The Morgan fingerprint density at radius 3 is 3.06 bits per heavy atom. The van der Waals surface area contributed by atoms with Crippen LogP contribution >= 0.6 is 11.3 Å². The Labute approximate surface area is 104 Å². The molecule has 86 valence electrons. The molecule has 0 spiro atoms. The van der Waals surface area contributed by atoms with Crippen LogP contribution in [-0.2, 0) is 12.8 Å². The molecule has 2 heterocycles. The number of aromatic nitrogens is 2. The largest absolute Gasteiger partial charge is 0.293 e. The molecule has 0 amide bonds. The number of thiazole rings is 1. The Balaban J connectivity index is 1.88. The van der Waals surface area contributed by atoms with E-state index in [4.69, 9.17) is 0 Å². The third kappa shape index (κ3) is 2.13. The van der Waals surface area contributed by atoms with E-state index in [2.05, 4.69) is 9.97 Å². The summed E-state index contributed by atoms with van der Waals surface area (Å²) < 4.78 is 0. The first-order valence-electron chi connectivity index (χ1n) is 5.73. The number of pyridine rings is 1. The number of carbonyl (C=O) groups excluding carboxylic acids is 1. The fourth-order valence-corrected chi connectivity index (χ4v) is 3.18. The van der Waals surface area contributed by atoms with Gasteiger partial charge in [-0.1, -0.05) is 6.07 Å². The lowest BCUT2D eigenvalue weighted by Crippen LogP contribution is -2.07. The third-order valence-electron chi connectivity index (χ3n) is 2.89. The summed E-state index contributed by atoms with van der Waals surface area (Å²) in [7, 11) is 0. The molecule has 3 nitrogen and oxygen atoms in total. The summed E-state index contributed by atoms with van der Waals surface area (Å²) in [6.07, 6.45) is 6.97. The van der Waals surface area contributed by atoms with Gasteiger partial charge in [-0.05, 0) is 24.5 Å². The average Bonchev–Trinajstić information content (AvgIpc) is 2.74. The van der Waals surface area contributed by atoms with Crippen molar-refractivity contribution in [3.8, 4) is 0 Å². The average molecular weight is 244 g/mol. The second-order valence-corrected chi connectivity index (χ2v) is 5.28. The summed E-state index contributed by atoms with van der Waals surface area (Å²) in [5, 5.41) is 1.03. The Kier molecular flexibility index (Phi) is 2.73. The molecule has 4 heteroatoms. The first-order valence-corrected chi connectivity index (χ1v) is 6.55. The molecule has 1 aliphatic rings. The predicted molar refractivity (Wildman–Crippen MR) is 66.4 cm³/mol. The Hall–Kier alpha value is -1.55. The van der Waals surface area contributed by atoms with Crippen LogP contribution < -0.4 is 0 Å². The zero-order valence-electron chi connectivity index (χ0n) is 9.35. The lowest BCUT2D eigenvalue weighted by Gasteiger charge is -2.06. The van der Waals surface area contributed by atoms with Crippen LogP contribution in [0.15, 0.2) is 24.5 Å². The lowest BCUT2D eigenvalue weighted by atomic mass is 10.0. The number of fused-ring (bicyclic) bond motifs is 1. The van der Waals surface area contributed by atoms with Gasteiger partial charge in [-0.25, -0.2) is 4.98 Å². The highest BCUT2D eigenvalue weighted by molar-refractivity contribution is 7.13. The molecule has 17 heavy (non-hydrogen) atoms. The van der Waals surface area contributed by atoms with Gasteiger partial charge in [0, 0.05) is 25.2 Å².